The molecule has 0 aliphatic heterocycles. The highest BCUT2D eigenvalue weighted by molar-refractivity contribution is 7.17. The summed E-state index contributed by atoms with van der Waals surface area (Å²) < 4.78 is 1.35. The van der Waals surface area contributed by atoms with Crippen molar-refractivity contribution in [2.24, 2.45) is 0 Å². The van der Waals surface area contributed by atoms with Crippen LogP contribution in [0.15, 0.2) is 72.1 Å². The first-order valence-electron chi connectivity index (χ1n) is 7.04. The van der Waals surface area contributed by atoms with E-state index in [-0.39, 0.29) is 0 Å². The van der Waals surface area contributed by atoms with Gasteiger partial charge in [-0.15, -0.1) is 11.3 Å². The Bertz CT molecular complexity index is 930. The molecule has 0 radical (unpaired) electrons. The lowest BCUT2D eigenvalue weighted by atomic mass is 10.0. The third kappa shape index (κ3) is 2.26. The molecule has 0 N–H and O–H groups in total. The smallest absolute Gasteiger partial charge is 0.0355 e. The predicted octanol–water partition coefficient (Wildman–Crippen LogP) is 6.22. The number of fused-ring (bicyclic) bond motifs is 3. The fourth-order valence-corrected chi connectivity index (χ4v) is 3.65. The van der Waals surface area contributed by atoms with Gasteiger partial charge >= 0.3 is 0 Å². The molecular formula is C20H14S. The SMILES string of the molecule is C(=Cc1csc2ccc3ccccc3c12)c1ccccc1. The van der Waals surface area contributed by atoms with Crippen molar-refractivity contribution in [3.8, 4) is 0 Å². The lowest BCUT2D eigenvalue weighted by Gasteiger charge is -2.01. The average molecular weight is 286 g/mol. The van der Waals surface area contributed by atoms with Crippen molar-refractivity contribution in [2.75, 3.05) is 0 Å². The van der Waals surface area contributed by atoms with Crippen LogP contribution in [0.25, 0.3) is 33.0 Å². The second-order valence-corrected chi connectivity index (χ2v) is 6.01. The van der Waals surface area contributed by atoms with E-state index >= 15 is 0 Å². The molecule has 0 fully saturated rings. The van der Waals surface area contributed by atoms with Crippen LogP contribution < -0.4 is 0 Å². The molecule has 100 valence electrons. The predicted molar refractivity (Wildman–Crippen MR) is 94.7 cm³/mol. The van der Waals surface area contributed by atoms with E-state index < -0.39 is 0 Å². The van der Waals surface area contributed by atoms with Gasteiger partial charge in [0, 0.05) is 10.1 Å². The average Bonchev–Trinajstić information content (AvgIpc) is 2.97. The maximum absolute atomic E-state index is 2.25. The summed E-state index contributed by atoms with van der Waals surface area (Å²) in [7, 11) is 0. The zero-order valence-electron chi connectivity index (χ0n) is 11.5. The fourth-order valence-electron chi connectivity index (χ4n) is 2.71. The van der Waals surface area contributed by atoms with Crippen molar-refractivity contribution in [3.63, 3.8) is 0 Å². The largest absolute Gasteiger partial charge is 0.143 e. The summed E-state index contributed by atoms with van der Waals surface area (Å²) in [6, 6.07) is 23.5. The zero-order chi connectivity index (χ0) is 14.1. The van der Waals surface area contributed by atoms with Gasteiger partial charge in [-0.1, -0.05) is 72.8 Å². The molecule has 1 aromatic heterocycles. The van der Waals surface area contributed by atoms with E-state index in [0.29, 0.717) is 0 Å². The van der Waals surface area contributed by atoms with Gasteiger partial charge in [0.25, 0.3) is 0 Å². The van der Waals surface area contributed by atoms with Crippen LogP contribution in [0, 0.1) is 0 Å². The van der Waals surface area contributed by atoms with E-state index in [9.17, 15) is 0 Å². The standard InChI is InChI=1S/C20H14S/c1-2-6-15(7-3-1)10-11-17-14-21-19-13-12-16-8-4-5-9-18(16)20(17)19/h1-14H. The highest BCUT2D eigenvalue weighted by Gasteiger charge is 2.05. The van der Waals surface area contributed by atoms with Crippen LogP contribution in [0.4, 0.5) is 0 Å². The maximum atomic E-state index is 2.25. The molecule has 0 saturated heterocycles. The van der Waals surface area contributed by atoms with Crippen LogP contribution >= 0.6 is 11.3 Å². The highest BCUT2D eigenvalue weighted by atomic mass is 32.1. The molecule has 0 bridgehead atoms. The summed E-state index contributed by atoms with van der Waals surface area (Å²) in [5.41, 5.74) is 2.53. The van der Waals surface area contributed by atoms with Gasteiger partial charge in [-0.2, -0.15) is 0 Å². The normalized spacial score (nSPS) is 11.6. The molecule has 0 unspecified atom stereocenters. The number of hydrogen-bond donors (Lipinski definition) is 0. The van der Waals surface area contributed by atoms with Crippen molar-refractivity contribution < 1.29 is 0 Å². The number of thiophene rings is 1. The molecular weight excluding hydrogens is 272 g/mol. The van der Waals surface area contributed by atoms with E-state index in [2.05, 4.69) is 78.2 Å². The first-order valence-corrected chi connectivity index (χ1v) is 7.92. The van der Waals surface area contributed by atoms with E-state index in [0.717, 1.165) is 0 Å². The molecule has 1 heteroatoms. The van der Waals surface area contributed by atoms with Crippen molar-refractivity contribution in [2.45, 2.75) is 0 Å². The molecule has 0 nitrogen and oxygen atoms in total. The number of benzene rings is 3. The van der Waals surface area contributed by atoms with Crippen LogP contribution in [0.2, 0.25) is 0 Å². The molecule has 0 aliphatic rings. The van der Waals surface area contributed by atoms with Gasteiger partial charge in [0.2, 0.25) is 0 Å². The quantitative estimate of drug-likeness (QED) is 0.410. The minimum Gasteiger partial charge on any atom is -0.143 e. The number of rotatable bonds is 2. The monoisotopic (exact) mass is 286 g/mol. The lowest BCUT2D eigenvalue weighted by molar-refractivity contribution is 1.67. The first kappa shape index (κ1) is 12.4. The molecule has 1 heterocycles. The van der Waals surface area contributed by atoms with Crippen LogP contribution in [0.5, 0.6) is 0 Å². The number of hydrogen-bond acceptors (Lipinski definition) is 1. The van der Waals surface area contributed by atoms with E-state index in [4.69, 9.17) is 0 Å². The Morgan fingerprint density at radius 2 is 1.52 bits per heavy atom. The van der Waals surface area contributed by atoms with Crippen LogP contribution in [-0.4, -0.2) is 0 Å². The Labute approximate surface area is 128 Å². The van der Waals surface area contributed by atoms with Crippen molar-refractivity contribution in [1.29, 1.82) is 0 Å². The Hall–Kier alpha value is -2.38. The minimum atomic E-state index is 1.23. The lowest BCUT2D eigenvalue weighted by Crippen LogP contribution is -1.75. The molecule has 3 aromatic carbocycles. The van der Waals surface area contributed by atoms with Gasteiger partial charge in [0.15, 0.2) is 0 Å². The third-order valence-electron chi connectivity index (χ3n) is 3.75. The molecule has 4 aromatic rings. The molecule has 0 amide bonds. The first-order chi connectivity index (χ1) is 10.4. The molecule has 0 atom stereocenters. The van der Waals surface area contributed by atoms with Crippen molar-refractivity contribution in [1.82, 2.24) is 0 Å². The molecule has 0 saturated carbocycles. The van der Waals surface area contributed by atoms with Crippen molar-refractivity contribution >= 4 is 44.3 Å². The maximum Gasteiger partial charge on any atom is 0.0355 e. The minimum absolute atomic E-state index is 1.23. The summed E-state index contributed by atoms with van der Waals surface area (Å²) in [6.45, 7) is 0. The van der Waals surface area contributed by atoms with E-state index in [1.807, 2.05) is 17.4 Å². The summed E-state index contributed by atoms with van der Waals surface area (Å²) in [6.07, 6.45) is 4.41. The van der Waals surface area contributed by atoms with E-state index in [1.54, 1.807) is 0 Å². The van der Waals surface area contributed by atoms with Gasteiger partial charge in [-0.25, -0.2) is 0 Å². The van der Waals surface area contributed by atoms with Gasteiger partial charge in [-0.3, -0.25) is 0 Å². The Kier molecular flexibility index (Phi) is 3.06. The summed E-state index contributed by atoms with van der Waals surface area (Å²) in [5.74, 6) is 0. The Morgan fingerprint density at radius 1 is 0.714 bits per heavy atom. The highest BCUT2D eigenvalue weighted by Crippen LogP contribution is 2.33. The summed E-state index contributed by atoms with van der Waals surface area (Å²) in [4.78, 5) is 0. The third-order valence-corrected chi connectivity index (χ3v) is 4.71. The van der Waals surface area contributed by atoms with Crippen LogP contribution in [-0.2, 0) is 0 Å². The Morgan fingerprint density at radius 3 is 2.43 bits per heavy atom. The van der Waals surface area contributed by atoms with Gasteiger partial charge in [0.05, 0.1) is 0 Å². The molecule has 4 rings (SSSR count). The molecule has 0 aliphatic carbocycles. The second kappa shape index (κ2) is 5.19. The molecule has 21 heavy (non-hydrogen) atoms. The van der Waals surface area contributed by atoms with Gasteiger partial charge in [0.1, 0.15) is 0 Å². The fraction of sp³-hybridized carbons (Fsp3) is 0. The zero-order valence-corrected chi connectivity index (χ0v) is 12.3. The summed E-state index contributed by atoms with van der Waals surface area (Å²) >= 11 is 1.81. The Balaban J connectivity index is 1.89. The van der Waals surface area contributed by atoms with E-state index in [1.165, 1.54) is 32.0 Å². The van der Waals surface area contributed by atoms with Gasteiger partial charge in [-0.05, 0) is 33.3 Å². The second-order valence-electron chi connectivity index (χ2n) is 5.09. The topological polar surface area (TPSA) is 0 Å². The summed E-state index contributed by atoms with van der Waals surface area (Å²) in [5, 5.41) is 6.25. The van der Waals surface area contributed by atoms with Crippen LogP contribution in [0.3, 0.4) is 0 Å². The van der Waals surface area contributed by atoms with Crippen molar-refractivity contribution in [3.05, 3.63) is 83.2 Å². The molecule has 0 spiro atoms. The van der Waals surface area contributed by atoms with Gasteiger partial charge < -0.3 is 0 Å². The van der Waals surface area contributed by atoms with Crippen LogP contribution in [0.1, 0.15) is 11.1 Å².